The number of halogens is 1. The van der Waals surface area contributed by atoms with Gasteiger partial charge in [0.2, 0.25) is 0 Å². The number of hydrogen-bond donors (Lipinski definition) is 2. The molecule has 6 heteroatoms. The maximum atomic E-state index is 5.55. The summed E-state index contributed by atoms with van der Waals surface area (Å²) >= 11 is 3.50. The Hall–Kier alpha value is -1.66. The standard InChI is InChI=1S/C15H20BrN5/c1-4-13-18-14(20-17)10(2)15(19-13)21(3)9-11-6-5-7-12(16)8-11/h5-8H,4,9,17H2,1-3H3,(H,18,19,20). The number of aromatic nitrogens is 2. The van der Waals surface area contributed by atoms with Gasteiger partial charge in [0.05, 0.1) is 0 Å². The molecule has 0 aliphatic carbocycles. The summed E-state index contributed by atoms with van der Waals surface area (Å²) < 4.78 is 1.08. The average molecular weight is 350 g/mol. The molecular formula is C15H20BrN5. The minimum Gasteiger partial charge on any atom is -0.355 e. The molecule has 0 amide bonds. The van der Waals surface area contributed by atoms with Crippen LogP contribution in [0.1, 0.15) is 23.9 Å². The van der Waals surface area contributed by atoms with E-state index in [1.807, 2.05) is 33.0 Å². The van der Waals surface area contributed by atoms with Gasteiger partial charge in [-0.3, -0.25) is 0 Å². The van der Waals surface area contributed by atoms with Crippen molar-refractivity contribution in [2.45, 2.75) is 26.8 Å². The molecule has 0 atom stereocenters. The van der Waals surface area contributed by atoms with Crippen molar-refractivity contribution in [3.05, 3.63) is 45.7 Å². The zero-order valence-electron chi connectivity index (χ0n) is 12.5. The minimum absolute atomic E-state index is 0.679. The van der Waals surface area contributed by atoms with Gasteiger partial charge < -0.3 is 10.3 Å². The molecule has 2 aromatic rings. The van der Waals surface area contributed by atoms with Crippen molar-refractivity contribution in [2.75, 3.05) is 17.4 Å². The van der Waals surface area contributed by atoms with Crippen LogP contribution >= 0.6 is 15.9 Å². The molecule has 5 nitrogen and oxygen atoms in total. The van der Waals surface area contributed by atoms with Gasteiger partial charge in [0.15, 0.2) is 0 Å². The Morgan fingerprint density at radius 2 is 2.10 bits per heavy atom. The molecule has 3 N–H and O–H groups in total. The van der Waals surface area contributed by atoms with E-state index in [9.17, 15) is 0 Å². The highest BCUT2D eigenvalue weighted by atomic mass is 79.9. The van der Waals surface area contributed by atoms with E-state index in [2.05, 4.69) is 48.4 Å². The van der Waals surface area contributed by atoms with Crippen LogP contribution in [0.3, 0.4) is 0 Å². The molecule has 0 bridgehead atoms. The van der Waals surface area contributed by atoms with E-state index in [0.29, 0.717) is 5.82 Å². The summed E-state index contributed by atoms with van der Waals surface area (Å²) in [4.78, 5) is 11.1. The van der Waals surface area contributed by atoms with Gasteiger partial charge in [-0.05, 0) is 24.6 Å². The van der Waals surface area contributed by atoms with Crippen LogP contribution < -0.4 is 16.2 Å². The monoisotopic (exact) mass is 349 g/mol. The molecule has 2 rings (SSSR count). The zero-order chi connectivity index (χ0) is 15.4. The molecule has 1 aromatic heterocycles. The normalized spacial score (nSPS) is 10.5. The quantitative estimate of drug-likeness (QED) is 0.641. The largest absolute Gasteiger partial charge is 0.355 e. The molecule has 0 radical (unpaired) electrons. The van der Waals surface area contributed by atoms with E-state index < -0.39 is 0 Å². The van der Waals surface area contributed by atoms with Crippen LogP contribution in [0.25, 0.3) is 0 Å². The third-order valence-electron chi connectivity index (χ3n) is 3.29. The third kappa shape index (κ3) is 3.71. The lowest BCUT2D eigenvalue weighted by Crippen LogP contribution is -2.22. The summed E-state index contributed by atoms with van der Waals surface area (Å²) in [6, 6.07) is 8.26. The van der Waals surface area contributed by atoms with Gasteiger partial charge in [0.25, 0.3) is 0 Å². The molecule has 21 heavy (non-hydrogen) atoms. The number of rotatable bonds is 5. The summed E-state index contributed by atoms with van der Waals surface area (Å²) in [6.45, 7) is 4.77. The van der Waals surface area contributed by atoms with Crippen LogP contribution in [0.5, 0.6) is 0 Å². The fourth-order valence-corrected chi connectivity index (χ4v) is 2.65. The maximum Gasteiger partial charge on any atom is 0.148 e. The lowest BCUT2D eigenvalue weighted by Gasteiger charge is -2.22. The van der Waals surface area contributed by atoms with Crippen molar-refractivity contribution in [1.29, 1.82) is 0 Å². The fourth-order valence-electron chi connectivity index (χ4n) is 2.20. The van der Waals surface area contributed by atoms with Gasteiger partial charge in [-0.1, -0.05) is 35.0 Å². The van der Waals surface area contributed by atoms with Crippen molar-refractivity contribution in [3.8, 4) is 0 Å². The summed E-state index contributed by atoms with van der Waals surface area (Å²) in [6.07, 6.45) is 0.771. The average Bonchev–Trinajstić information content (AvgIpc) is 2.47. The smallest absolute Gasteiger partial charge is 0.148 e. The lowest BCUT2D eigenvalue weighted by atomic mass is 10.2. The third-order valence-corrected chi connectivity index (χ3v) is 3.78. The van der Waals surface area contributed by atoms with Crippen molar-refractivity contribution in [3.63, 3.8) is 0 Å². The number of benzene rings is 1. The van der Waals surface area contributed by atoms with Gasteiger partial charge in [0, 0.05) is 30.0 Å². The van der Waals surface area contributed by atoms with E-state index in [4.69, 9.17) is 5.84 Å². The van der Waals surface area contributed by atoms with Crippen LogP contribution in [-0.2, 0) is 13.0 Å². The second kappa shape index (κ2) is 6.87. The highest BCUT2D eigenvalue weighted by Crippen LogP contribution is 2.24. The number of nitrogens with two attached hydrogens (primary N) is 1. The van der Waals surface area contributed by atoms with Gasteiger partial charge in [-0.2, -0.15) is 0 Å². The fraction of sp³-hybridized carbons (Fsp3) is 0.333. The first-order valence-electron chi connectivity index (χ1n) is 6.84. The Morgan fingerprint density at radius 3 is 2.71 bits per heavy atom. The van der Waals surface area contributed by atoms with Crippen molar-refractivity contribution < 1.29 is 0 Å². The summed E-state index contributed by atoms with van der Waals surface area (Å²) in [5.74, 6) is 7.91. The second-order valence-electron chi connectivity index (χ2n) is 4.92. The number of anilines is 2. The van der Waals surface area contributed by atoms with E-state index >= 15 is 0 Å². The zero-order valence-corrected chi connectivity index (χ0v) is 14.1. The van der Waals surface area contributed by atoms with E-state index in [0.717, 1.165) is 34.6 Å². The minimum atomic E-state index is 0.679. The highest BCUT2D eigenvalue weighted by molar-refractivity contribution is 9.10. The molecule has 0 spiro atoms. The Bertz CT molecular complexity index is 629. The Morgan fingerprint density at radius 1 is 1.33 bits per heavy atom. The molecule has 0 saturated carbocycles. The summed E-state index contributed by atoms with van der Waals surface area (Å²) in [7, 11) is 2.02. The number of nitrogens with one attached hydrogen (secondary N) is 1. The Labute approximate surface area is 133 Å². The molecule has 112 valence electrons. The molecule has 0 aliphatic rings. The number of nitrogens with zero attached hydrogens (tertiary/aromatic N) is 3. The number of hydrogen-bond acceptors (Lipinski definition) is 5. The van der Waals surface area contributed by atoms with Crippen LogP contribution in [0.2, 0.25) is 0 Å². The first kappa shape index (κ1) is 15.7. The number of aryl methyl sites for hydroxylation is 1. The molecule has 0 saturated heterocycles. The first-order chi connectivity index (χ1) is 10.0. The van der Waals surface area contributed by atoms with Crippen LogP contribution in [-0.4, -0.2) is 17.0 Å². The van der Waals surface area contributed by atoms with Crippen LogP contribution in [0.4, 0.5) is 11.6 Å². The molecule has 0 unspecified atom stereocenters. The van der Waals surface area contributed by atoms with Gasteiger partial charge in [-0.25, -0.2) is 15.8 Å². The topological polar surface area (TPSA) is 67.1 Å². The van der Waals surface area contributed by atoms with Crippen molar-refractivity contribution in [1.82, 2.24) is 9.97 Å². The SMILES string of the molecule is CCc1nc(NN)c(C)c(N(C)Cc2cccc(Br)c2)n1. The molecule has 1 aromatic carbocycles. The Kier molecular flexibility index (Phi) is 5.14. The van der Waals surface area contributed by atoms with Crippen molar-refractivity contribution in [2.24, 2.45) is 5.84 Å². The lowest BCUT2D eigenvalue weighted by molar-refractivity contribution is 0.849. The summed E-state index contributed by atoms with van der Waals surface area (Å²) in [5, 5.41) is 0. The van der Waals surface area contributed by atoms with Crippen molar-refractivity contribution >= 4 is 27.6 Å². The summed E-state index contributed by atoms with van der Waals surface area (Å²) in [5.41, 5.74) is 4.82. The van der Waals surface area contributed by atoms with Crippen LogP contribution in [0.15, 0.2) is 28.7 Å². The number of hydrazine groups is 1. The molecule has 0 aliphatic heterocycles. The number of nitrogen functional groups attached to an aromatic ring is 1. The van der Waals surface area contributed by atoms with Gasteiger partial charge in [-0.15, -0.1) is 0 Å². The van der Waals surface area contributed by atoms with Gasteiger partial charge >= 0.3 is 0 Å². The van der Waals surface area contributed by atoms with E-state index in [1.54, 1.807) is 0 Å². The Balaban J connectivity index is 2.32. The molecule has 0 fully saturated rings. The second-order valence-corrected chi connectivity index (χ2v) is 5.84. The van der Waals surface area contributed by atoms with Gasteiger partial charge in [0.1, 0.15) is 17.5 Å². The predicted molar refractivity (Wildman–Crippen MR) is 90.2 cm³/mol. The highest BCUT2D eigenvalue weighted by Gasteiger charge is 2.13. The van der Waals surface area contributed by atoms with E-state index in [-0.39, 0.29) is 0 Å². The maximum absolute atomic E-state index is 5.55. The van der Waals surface area contributed by atoms with E-state index in [1.165, 1.54) is 5.56 Å². The molecular weight excluding hydrogens is 330 g/mol. The predicted octanol–water partition coefficient (Wildman–Crippen LogP) is 3.03. The first-order valence-corrected chi connectivity index (χ1v) is 7.64. The molecule has 1 heterocycles. The van der Waals surface area contributed by atoms with Crippen LogP contribution in [0, 0.1) is 6.92 Å².